The van der Waals surface area contributed by atoms with Crippen molar-refractivity contribution in [2.75, 3.05) is 19.2 Å². The number of nitrogens with one attached hydrogen (secondary N) is 1. The van der Waals surface area contributed by atoms with E-state index in [9.17, 15) is 0 Å². The molecule has 0 radical (unpaired) electrons. The summed E-state index contributed by atoms with van der Waals surface area (Å²) in [5.41, 5.74) is 5.26. The Kier molecular flexibility index (Phi) is 4.54. The third-order valence-corrected chi connectivity index (χ3v) is 5.49. The number of methoxy groups -OCH3 is 1. The molecule has 0 unspecified atom stereocenters. The zero-order chi connectivity index (χ0) is 19.6. The molecule has 0 saturated carbocycles. The van der Waals surface area contributed by atoms with Crippen LogP contribution in [0.5, 0.6) is 17.2 Å². The monoisotopic (exact) mass is 402 g/mol. The third-order valence-electron chi connectivity index (χ3n) is 4.73. The van der Waals surface area contributed by atoms with E-state index in [1.165, 1.54) is 0 Å². The van der Waals surface area contributed by atoms with Gasteiger partial charge in [0.1, 0.15) is 5.75 Å². The van der Waals surface area contributed by atoms with Crippen LogP contribution in [0, 0.1) is 0 Å². The Bertz CT molecular complexity index is 1140. The summed E-state index contributed by atoms with van der Waals surface area (Å²) < 4.78 is 16.0. The molecule has 1 aliphatic heterocycles. The van der Waals surface area contributed by atoms with Crippen LogP contribution in [0.1, 0.15) is 0 Å². The lowest BCUT2D eigenvalue weighted by molar-refractivity contribution is 0.174. The molecule has 4 aromatic rings. The molecule has 0 saturated heterocycles. The van der Waals surface area contributed by atoms with Gasteiger partial charge >= 0.3 is 0 Å². The molecule has 6 heteroatoms. The molecule has 3 aromatic carbocycles. The smallest absolute Gasteiger partial charge is 0.231 e. The zero-order valence-electron chi connectivity index (χ0n) is 15.7. The van der Waals surface area contributed by atoms with E-state index in [0.717, 1.165) is 50.5 Å². The summed E-state index contributed by atoms with van der Waals surface area (Å²) >= 11 is 1.57. The summed E-state index contributed by atoms with van der Waals surface area (Å²) in [5.74, 6) is 2.38. The minimum atomic E-state index is 0.271. The number of fused-ring (bicyclic) bond motifs is 1. The van der Waals surface area contributed by atoms with Gasteiger partial charge in [0.15, 0.2) is 16.6 Å². The SMILES string of the molecule is COc1ccc(-c2ccc(-c3csc(Nc4ccc5c(c4)OCO5)n3)cc2)cc1. The van der Waals surface area contributed by atoms with Crippen LogP contribution < -0.4 is 19.5 Å². The predicted octanol–water partition coefficient (Wildman–Crippen LogP) is 5.96. The fraction of sp³-hybridized carbons (Fsp3) is 0.0870. The van der Waals surface area contributed by atoms with Gasteiger partial charge in [-0.25, -0.2) is 4.98 Å². The molecule has 0 amide bonds. The molecule has 0 atom stereocenters. The number of anilines is 2. The van der Waals surface area contributed by atoms with Gasteiger partial charge in [0.05, 0.1) is 12.8 Å². The molecule has 5 rings (SSSR count). The number of thiazole rings is 1. The maximum Gasteiger partial charge on any atom is 0.231 e. The summed E-state index contributed by atoms with van der Waals surface area (Å²) in [4.78, 5) is 4.71. The Balaban J connectivity index is 1.32. The van der Waals surface area contributed by atoms with Crippen molar-refractivity contribution < 1.29 is 14.2 Å². The lowest BCUT2D eigenvalue weighted by Crippen LogP contribution is -1.93. The number of nitrogens with zero attached hydrogens (tertiary/aromatic N) is 1. The van der Waals surface area contributed by atoms with Crippen molar-refractivity contribution >= 4 is 22.2 Å². The van der Waals surface area contributed by atoms with Crippen molar-refractivity contribution in [3.8, 4) is 39.6 Å². The molecule has 29 heavy (non-hydrogen) atoms. The largest absolute Gasteiger partial charge is 0.497 e. The van der Waals surface area contributed by atoms with Gasteiger partial charge in [-0.3, -0.25) is 0 Å². The normalized spacial score (nSPS) is 12.0. The molecule has 1 aromatic heterocycles. The van der Waals surface area contributed by atoms with E-state index in [1.807, 2.05) is 30.3 Å². The van der Waals surface area contributed by atoms with Crippen molar-refractivity contribution in [2.45, 2.75) is 0 Å². The van der Waals surface area contributed by atoms with Crippen molar-refractivity contribution in [1.82, 2.24) is 4.98 Å². The highest BCUT2D eigenvalue weighted by Gasteiger charge is 2.14. The van der Waals surface area contributed by atoms with Gasteiger partial charge < -0.3 is 19.5 Å². The van der Waals surface area contributed by atoms with Crippen LogP contribution >= 0.6 is 11.3 Å². The van der Waals surface area contributed by atoms with E-state index in [1.54, 1.807) is 18.4 Å². The number of hydrogen-bond acceptors (Lipinski definition) is 6. The summed E-state index contributed by atoms with van der Waals surface area (Å²) in [6.45, 7) is 0.271. The van der Waals surface area contributed by atoms with Crippen molar-refractivity contribution in [3.05, 3.63) is 72.1 Å². The van der Waals surface area contributed by atoms with E-state index in [2.05, 4.69) is 47.1 Å². The molecule has 0 fully saturated rings. The van der Waals surface area contributed by atoms with Crippen LogP contribution in [0.2, 0.25) is 0 Å². The van der Waals surface area contributed by atoms with Crippen LogP contribution in [0.3, 0.4) is 0 Å². The van der Waals surface area contributed by atoms with Gasteiger partial charge in [0, 0.05) is 22.7 Å². The number of ether oxygens (including phenoxy) is 3. The molecular formula is C23H18N2O3S. The standard InChI is InChI=1S/C23H18N2O3S/c1-26-19-9-6-16(7-10-19)15-2-4-17(5-3-15)20-13-29-23(25-20)24-18-8-11-21-22(12-18)28-14-27-21/h2-13H,14H2,1H3,(H,24,25). The van der Waals surface area contributed by atoms with Crippen molar-refractivity contribution in [1.29, 1.82) is 0 Å². The highest BCUT2D eigenvalue weighted by atomic mass is 32.1. The highest BCUT2D eigenvalue weighted by Crippen LogP contribution is 2.36. The van der Waals surface area contributed by atoms with Crippen LogP contribution in [-0.2, 0) is 0 Å². The van der Waals surface area contributed by atoms with Crippen LogP contribution in [0.15, 0.2) is 72.1 Å². The van der Waals surface area contributed by atoms with Crippen LogP contribution in [0.4, 0.5) is 10.8 Å². The van der Waals surface area contributed by atoms with Gasteiger partial charge in [-0.1, -0.05) is 36.4 Å². The number of hydrogen-bond donors (Lipinski definition) is 1. The first kappa shape index (κ1) is 17.6. The summed E-state index contributed by atoms with van der Waals surface area (Å²) in [6, 6.07) is 22.3. The molecule has 5 nitrogen and oxygen atoms in total. The Morgan fingerprint density at radius 2 is 1.55 bits per heavy atom. The maximum atomic E-state index is 5.43. The topological polar surface area (TPSA) is 52.6 Å². The van der Waals surface area contributed by atoms with Gasteiger partial charge in [-0.05, 0) is 35.4 Å². The predicted molar refractivity (Wildman–Crippen MR) is 115 cm³/mol. The van der Waals surface area contributed by atoms with E-state index in [0.29, 0.717) is 0 Å². The van der Waals surface area contributed by atoms with Gasteiger partial charge in [0.25, 0.3) is 0 Å². The minimum Gasteiger partial charge on any atom is -0.497 e. The third kappa shape index (κ3) is 3.62. The summed E-state index contributed by atoms with van der Waals surface area (Å²) in [7, 11) is 1.67. The second-order valence-electron chi connectivity index (χ2n) is 6.54. The first-order chi connectivity index (χ1) is 14.3. The van der Waals surface area contributed by atoms with Crippen LogP contribution in [0.25, 0.3) is 22.4 Å². The maximum absolute atomic E-state index is 5.43. The molecule has 1 aliphatic rings. The molecule has 0 bridgehead atoms. The molecule has 0 aliphatic carbocycles. The van der Waals surface area contributed by atoms with E-state index < -0.39 is 0 Å². The highest BCUT2D eigenvalue weighted by molar-refractivity contribution is 7.14. The van der Waals surface area contributed by atoms with E-state index in [4.69, 9.17) is 19.2 Å². The van der Waals surface area contributed by atoms with Gasteiger partial charge in [-0.2, -0.15) is 0 Å². The lowest BCUT2D eigenvalue weighted by Gasteiger charge is -2.05. The molecule has 0 spiro atoms. The molecule has 1 N–H and O–H groups in total. The number of benzene rings is 3. The van der Waals surface area contributed by atoms with E-state index in [-0.39, 0.29) is 6.79 Å². The first-order valence-corrected chi connectivity index (χ1v) is 10.0. The lowest BCUT2D eigenvalue weighted by atomic mass is 10.0. The Labute approximate surface area is 172 Å². The molecule has 144 valence electrons. The minimum absolute atomic E-state index is 0.271. The van der Waals surface area contributed by atoms with E-state index >= 15 is 0 Å². The zero-order valence-corrected chi connectivity index (χ0v) is 16.5. The number of aromatic nitrogens is 1. The molecular weight excluding hydrogens is 384 g/mol. The fourth-order valence-electron chi connectivity index (χ4n) is 3.18. The average molecular weight is 402 g/mol. The number of rotatable bonds is 5. The Morgan fingerprint density at radius 1 is 0.862 bits per heavy atom. The Hall–Kier alpha value is -3.51. The van der Waals surface area contributed by atoms with Crippen molar-refractivity contribution in [2.24, 2.45) is 0 Å². The molecule has 2 heterocycles. The second kappa shape index (κ2) is 7.48. The fourth-order valence-corrected chi connectivity index (χ4v) is 3.92. The Morgan fingerprint density at radius 3 is 2.31 bits per heavy atom. The quantitative estimate of drug-likeness (QED) is 0.446. The average Bonchev–Trinajstić information content (AvgIpc) is 3.43. The summed E-state index contributed by atoms with van der Waals surface area (Å²) in [5, 5.41) is 6.22. The van der Waals surface area contributed by atoms with Gasteiger partial charge in [-0.15, -0.1) is 11.3 Å². The van der Waals surface area contributed by atoms with Gasteiger partial charge in [0.2, 0.25) is 6.79 Å². The summed E-state index contributed by atoms with van der Waals surface area (Å²) in [6.07, 6.45) is 0. The van der Waals surface area contributed by atoms with Crippen molar-refractivity contribution in [3.63, 3.8) is 0 Å². The first-order valence-electron chi connectivity index (χ1n) is 9.15. The second-order valence-corrected chi connectivity index (χ2v) is 7.39. The van der Waals surface area contributed by atoms with Crippen LogP contribution in [-0.4, -0.2) is 18.9 Å².